The van der Waals surface area contributed by atoms with Crippen molar-refractivity contribution in [3.05, 3.63) is 95.3 Å². The number of halogens is 2. The highest BCUT2D eigenvalue weighted by atomic mass is 35.5. The smallest absolute Gasteiger partial charge is 0.264 e. The van der Waals surface area contributed by atoms with Gasteiger partial charge in [0.1, 0.15) is 18.4 Å². The first-order valence-corrected chi connectivity index (χ1v) is 15.0. The first-order valence-electron chi connectivity index (χ1n) is 13.2. The monoisotopic (exact) mass is 587 g/mol. The van der Waals surface area contributed by atoms with Gasteiger partial charge in [-0.2, -0.15) is 0 Å². The van der Waals surface area contributed by atoms with Gasteiger partial charge in [-0.15, -0.1) is 0 Å². The summed E-state index contributed by atoms with van der Waals surface area (Å²) in [5.41, 5.74) is 1.00. The molecule has 0 aromatic heterocycles. The number of amides is 2. The van der Waals surface area contributed by atoms with E-state index in [-0.39, 0.29) is 34.0 Å². The number of benzene rings is 3. The summed E-state index contributed by atoms with van der Waals surface area (Å²) in [4.78, 5) is 28.5. The van der Waals surface area contributed by atoms with E-state index in [0.29, 0.717) is 19.4 Å². The lowest BCUT2D eigenvalue weighted by Gasteiger charge is -2.33. The molecule has 2 amide bonds. The summed E-state index contributed by atoms with van der Waals surface area (Å²) in [5.74, 6) is -1.38. The SMILES string of the molecule is CCC(C(=O)NCC(C)C)N(CCc1ccccc1)C(=O)CN(c1ccc(F)c(Cl)c1)S(=O)(=O)c1ccccc1. The van der Waals surface area contributed by atoms with Crippen LogP contribution in [0.1, 0.15) is 32.8 Å². The molecule has 3 aromatic rings. The molecule has 0 fully saturated rings. The topological polar surface area (TPSA) is 86.8 Å². The number of sulfonamides is 1. The van der Waals surface area contributed by atoms with Crippen molar-refractivity contribution >= 4 is 39.1 Å². The standard InChI is InChI=1S/C30H35ClFN3O4S/c1-4-28(30(37)33-20-22(2)3)34(18-17-23-11-7-5-8-12-23)29(36)21-35(24-15-16-27(32)26(31)19-24)40(38,39)25-13-9-6-10-14-25/h5-16,19,22,28H,4,17-18,20-21H2,1-3H3,(H,33,37). The summed E-state index contributed by atoms with van der Waals surface area (Å²) in [6, 6.07) is 19.8. The van der Waals surface area contributed by atoms with Crippen molar-refractivity contribution in [2.45, 2.75) is 44.6 Å². The van der Waals surface area contributed by atoms with E-state index in [1.54, 1.807) is 25.1 Å². The maximum absolute atomic E-state index is 14.0. The van der Waals surface area contributed by atoms with Gasteiger partial charge < -0.3 is 10.2 Å². The highest BCUT2D eigenvalue weighted by Crippen LogP contribution is 2.28. The van der Waals surface area contributed by atoms with E-state index < -0.39 is 34.3 Å². The van der Waals surface area contributed by atoms with E-state index in [1.165, 1.54) is 29.2 Å². The van der Waals surface area contributed by atoms with E-state index in [1.807, 2.05) is 44.2 Å². The molecule has 3 rings (SSSR count). The van der Waals surface area contributed by atoms with Crippen LogP contribution >= 0.6 is 11.6 Å². The largest absolute Gasteiger partial charge is 0.354 e. The molecule has 214 valence electrons. The quantitative estimate of drug-likeness (QED) is 0.294. The van der Waals surface area contributed by atoms with E-state index >= 15 is 0 Å². The van der Waals surface area contributed by atoms with Gasteiger partial charge in [0.2, 0.25) is 11.8 Å². The lowest BCUT2D eigenvalue weighted by Crippen LogP contribution is -2.53. The predicted octanol–water partition coefficient (Wildman–Crippen LogP) is 5.30. The number of hydrogen-bond acceptors (Lipinski definition) is 4. The third-order valence-electron chi connectivity index (χ3n) is 6.36. The molecule has 0 saturated heterocycles. The zero-order valence-corrected chi connectivity index (χ0v) is 24.5. The molecular weight excluding hydrogens is 553 g/mol. The van der Waals surface area contributed by atoms with Gasteiger partial charge in [0.15, 0.2) is 0 Å². The molecule has 10 heteroatoms. The fourth-order valence-electron chi connectivity index (χ4n) is 4.21. The molecule has 7 nitrogen and oxygen atoms in total. The highest BCUT2D eigenvalue weighted by molar-refractivity contribution is 7.92. The molecule has 0 saturated carbocycles. The molecule has 1 N–H and O–H groups in total. The molecule has 0 heterocycles. The molecule has 0 bridgehead atoms. The van der Waals surface area contributed by atoms with Crippen molar-refractivity contribution < 1.29 is 22.4 Å². The fraction of sp³-hybridized carbons (Fsp3) is 0.333. The van der Waals surface area contributed by atoms with Gasteiger partial charge in [0.05, 0.1) is 15.6 Å². The van der Waals surface area contributed by atoms with Crippen molar-refractivity contribution in [3.63, 3.8) is 0 Å². The van der Waals surface area contributed by atoms with Crippen LogP contribution in [0.3, 0.4) is 0 Å². The van der Waals surface area contributed by atoms with Crippen LogP contribution in [-0.4, -0.2) is 50.8 Å². The van der Waals surface area contributed by atoms with Crippen LogP contribution in [-0.2, 0) is 26.0 Å². The molecule has 0 spiro atoms. The minimum atomic E-state index is -4.25. The number of rotatable bonds is 13. The van der Waals surface area contributed by atoms with Crippen molar-refractivity contribution in [1.29, 1.82) is 0 Å². The Morgan fingerprint density at radius 1 is 0.975 bits per heavy atom. The Bertz CT molecular complexity index is 1390. The van der Waals surface area contributed by atoms with Gasteiger partial charge >= 0.3 is 0 Å². The maximum atomic E-state index is 14.0. The second-order valence-electron chi connectivity index (χ2n) is 9.81. The third-order valence-corrected chi connectivity index (χ3v) is 8.43. The Morgan fingerprint density at radius 2 is 1.60 bits per heavy atom. The number of carbonyl (C=O) groups is 2. The zero-order valence-electron chi connectivity index (χ0n) is 22.9. The van der Waals surface area contributed by atoms with Crippen LogP contribution < -0.4 is 9.62 Å². The van der Waals surface area contributed by atoms with Crippen LogP contribution in [0.15, 0.2) is 83.8 Å². The Labute approximate surface area is 241 Å². The van der Waals surface area contributed by atoms with Gasteiger partial charge in [0.25, 0.3) is 10.0 Å². The first-order chi connectivity index (χ1) is 19.0. The van der Waals surface area contributed by atoms with Gasteiger partial charge in [-0.25, -0.2) is 12.8 Å². The van der Waals surface area contributed by atoms with Crippen molar-refractivity contribution in [2.75, 3.05) is 23.9 Å². The van der Waals surface area contributed by atoms with Crippen LogP contribution in [0.5, 0.6) is 0 Å². The Kier molecular flexibility index (Phi) is 11.1. The molecular formula is C30H35ClFN3O4S. The summed E-state index contributed by atoms with van der Waals surface area (Å²) >= 11 is 6.00. The Balaban J connectivity index is 2.00. The molecule has 40 heavy (non-hydrogen) atoms. The van der Waals surface area contributed by atoms with Gasteiger partial charge in [-0.05, 0) is 54.7 Å². The molecule has 0 aliphatic carbocycles. The normalized spacial score (nSPS) is 12.2. The third kappa shape index (κ3) is 8.05. The number of nitrogens with one attached hydrogen (secondary N) is 1. The van der Waals surface area contributed by atoms with E-state index in [9.17, 15) is 22.4 Å². The average molecular weight is 588 g/mol. The molecule has 0 aliphatic heterocycles. The van der Waals surface area contributed by atoms with Gasteiger partial charge in [-0.1, -0.05) is 80.9 Å². The van der Waals surface area contributed by atoms with Gasteiger partial charge in [0, 0.05) is 13.1 Å². The molecule has 0 aliphatic rings. The second kappa shape index (κ2) is 14.3. The maximum Gasteiger partial charge on any atom is 0.264 e. The number of nitrogens with zero attached hydrogens (tertiary/aromatic N) is 2. The number of carbonyl (C=O) groups excluding carboxylic acids is 2. The summed E-state index contributed by atoms with van der Waals surface area (Å²) in [5, 5.41) is 2.62. The van der Waals surface area contributed by atoms with Gasteiger partial charge in [-0.3, -0.25) is 13.9 Å². The minimum Gasteiger partial charge on any atom is -0.354 e. The molecule has 1 unspecified atom stereocenters. The van der Waals surface area contributed by atoms with Crippen LogP contribution in [0.25, 0.3) is 0 Å². The Morgan fingerprint density at radius 3 is 2.17 bits per heavy atom. The first kappa shape index (κ1) is 31.1. The van der Waals surface area contributed by atoms with E-state index in [2.05, 4.69) is 5.32 Å². The number of anilines is 1. The highest BCUT2D eigenvalue weighted by Gasteiger charge is 2.33. The summed E-state index contributed by atoms with van der Waals surface area (Å²) in [7, 11) is -4.25. The summed E-state index contributed by atoms with van der Waals surface area (Å²) < 4.78 is 42.4. The fourth-order valence-corrected chi connectivity index (χ4v) is 5.81. The second-order valence-corrected chi connectivity index (χ2v) is 12.1. The zero-order chi connectivity index (χ0) is 29.3. The minimum absolute atomic E-state index is 0.0314. The van der Waals surface area contributed by atoms with Crippen molar-refractivity contribution in [1.82, 2.24) is 10.2 Å². The lowest BCUT2D eigenvalue weighted by molar-refractivity contribution is -0.139. The summed E-state index contributed by atoms with van der Waals surface area (Å²) in [6.07, 6.45) is 0.798. The Hall–Kier alpha value is -3.43. The van der Waals surface area contributed by atoms with E-state index in [0.717, 1.165) is 15.9 Å². The summed E-state index contributed by atoms with van der Waals surface area (Å²) in [6.45, 7) is 5.78. The van der Waals surface area contributed by atoms with Crippen LogP contribution in [0, 0.1) is 11.7 Å². The lowest BCUT2D eigenvalue weighted by atomic mass is 10.1. The van der Waals surface area contributed by atoms with Crippen molar-refractivity contribution in [2.24, 2.45) is 5.92 Å². The molecule has 3 aromatic carbocycles. The van der Waals surface area contributed by atoms with E-state index in [4.69, 9.17) is 11.6 Å². The molecule has 1 atom stereocenters. The van der Waals surface area contributed by atoms with Crippen molar-refractivity contribution in [3.8, 4) is 0 Å². The van der Waals surface area contributed by atoms with Crippen LogP contribution in [0.2, 0.25) is 5.02 Å². The average Bonchev–Trinajstić information content (AvgIpc) is 2.95. The predicted molar refractivity (Wildman–Crippen MR) is 156 cm³/mol. The number of hydrogen-bond donors (Lipinski definition) is 1. The molecule has 0 radical (unpaired) electrons. The van der Waals surface area contributed by atoms with Crippen LogP contribution in [0.4, 0.5) is 10.1 Å².